The number of hydrogen-bond acceptors (Lipinski definition) is 4. The van der Waals surface area contributed by atoms with Gasteiger partial charge in [-0.05, 0) is 53.1 Å². The van der Waals surface area contributed by atoms with Gasteiger partial charge >= 0.3 is 6.09 Å². The summed E-state index contributed by atoms with van der Waals surface area (Å²) in [7, 11) is 4.20. The number of hydrogen-bond donors (Lipinski definition) is 1. The minimum atomic E-state index is -0.425. The molecule has 5 heteroatoms. The van der Waals surface area contributed by atoms with Crippen molar-refractivity contribution in [2.45, 2.75) is 59.1 Å². The molecule has 1 N–H and O–H groups in total. The predicted octanol–water partition coefficient (Wildman–Crippen LogP) is 2.56. The van der Waals surface area contributed by atoms with Gasteiger partial charge in [-0.15, -0.1) is 0 Å². The van der Waals surface area contributed by atoms with Crippen molar-refractivity contribution in [3.8, 4) is 0 Å². The molecule has 130 valence electrons. The molecule has 0 bridgehead atoms. The summed E-state index contributed by atoms with van der Waals surface area (Å²) in [5, 5.41) is 3.54. The second kappa shape index (κ2) is 7.64. The quantitative estimate of drug-likeness (QED) is 0.818. The normalized spacial score (nSPS) is 19.8. The summed E-state index contributed by atoms with van der Waals surface area (Å²) in [6.45, 7) is 13.9. The Hall–Kier alpha value is -0.810. The Morgan fingerprint density at radius 3 is 2.45 bits per heavy atom. The van der Waals surface area contributed by atoms with Crippen molar-refractivity contribution in [2.24, 2.45) is 5.41 Å². The van der Waals surface area contributed by atoms with Gasteiger partial charge in [0.1, 0.15) is 5.60 Å². The van der Waals surface area contributed by atoms with E-state index in [1.165, 1.54) is 0 Å². The summed E-state index contributed by atoms with van der Waals surface area (Å²) in [6, 6.07) is 0.255. The van der Waals surface area contributed by atoms with Crippen molar-refractivity contribution in [3.63, 3.8) is 0 Å². The number of carbonyl (C=O) groups excluding carboxylic acids is 1. The first-order valence-electron chi connectivity index (χ1n) is 8.35. The Kier molecular flexibility index (Phi) is 6.68. The van der Waals surface area contributed by atoms with Gasteiger partial charge in [0, 0.05) is 32.2 Å². The fraction of sp³-hybridized carbons (Fsp3) is 0.941. The highest BCUT2D eigenvalue weighted by atomic mass is 16.6. The number of rotatable bonds is 6. The van der Waals surface area contributed by atoms with Crippen LogP contribution in [0.5, 0.6) is 0 Å². The van der Waals surface area contributed by atoms with Crippen LogP contribution in [0.1, 0.15) is 47.5 Å². The minimum absolute atomic E-state index is 0.177. The van der Waals surface area contributed by atoms with E-state index in [4.69, 9.17) is 4.74 Å². The number of ether oxygens (including phenoxy) is 1. The van der Waals surface area contributed by atoms with Crippen LogP contribution in [0, 0.1) is 5.41 Å². The SMILES string of the molecule is CN(C)CC(C)(C)CNCC1CCCN1C(=O)OC(C)(C)C. The lowest BCUT2D eigenvalue weighted by atomic mass is 9.93. The van der Waals surface area contributed by atoms with E-state index in [1.807, 2.05) is 25.7 Å². The van der Waals surface area contributed by atoms with Crippen LogP contribution in [0.3, 0.4) is 0 Å². The highest BCUT2D eigenvalue weighted by Crippen LogP contribution is 2.21. The maximum atomic E-state index is 12.2. The Morgan fingerprint density at radius 2 is 1.91 bits per heavy atom. The van der Waals surface area contributed by atoms with Gasteiger partial charge < -0.3 is 19.9 Å². The van der Waals surface area contributed by atoms with Gasteiger partial charge in [-0.1, -0.05) is 13.8 Å². The van der Waals surface area contributed by atoms with Crippen LogP contribution in [-0.2, 0) is 4.74 Å². The Bertz CT molecular complexity index is 361. The van der Waals surface area contributed by atoms with E-state index in [-0.39, 0.29) is 17.6 Å². The summed E-state index contributed by atoms with van der Waals surface area (Å²) in [6.07, 6.45) is 1.94. The third-order valence-corrected chi connectivity index (χ3v) is 3.73. The van der Waals surface area contributed by atoms with Gasteiger partial charge in [-0.25, -0.2) is 4.79 Å². The van der Waals surface area contributed by atoms with Crippen molar-refractivity contribution < 1.29 is 9.53 Å². The molecule has 0 radical (unpaired) electrons. The molecule has 0 spiro atoms. The zero-order valence-corrected chi connectivity index (χ0v) is 15.5. The maximum absolute atomic E-state index is 12.2. The molecule has 1 fully saturated rings. The minimum Gasteiger partial charge on any atom is -0.444 e. The molecule has 1 aliphatic heterocycles. The smallest absolute Gasteiger partial charge is 0.410 e. The lowest BCUT2D eigenvalue weighted by molar-refractivity contribution is 0.0225. The van der Waals surface area contributed by atoms with Gasteiger partial charge in [0.15, 0.2) is 0 Å². The van der Waals surface area contributed by atoms with Gasteiger partial charge in [0.2, 0.25) is 0 Å². The van der Waals surface area contributed by atoms with Gasteiger partial charge in [-0.3, -0.25) is 0 Å². The highest BCUT2D eigenvalue weighted by molar-refractivity contribution is 5.69. The number of nitrogens with one attached hydrogen (secondary N) is 1. The van der Waals surface area contributed by atoms with Crippen LogP contribution < -0.4 is 5.32 Å². The lowest BCUT2D eigenvalue weighted by Gasteiger charge is -2.31. The molecule has 22 heavy (non-hydrogen) atoms. The third kappa shape index (κ3) is 6.97. The van der Waals surface area contributed by atoms with E-state index >= 15 is 0 Å². The molecule has 1 aliphatic rings. The highest BCUT2D eigenvalue weighted by Gasteiger charge is 2.32. The number of likely N-dealkylation sites (tertiary alicyclic amines) is 1. The zero-order valence-electron chi connectivity index (χ0n) is 15.5. The van der Waals surface area contributed by atoms with E-state index in [2.05, 4.69) is 38.2 Å². The molecule has 1 atom stereocenters. The summed E-state index contributed by atoms with van der Waals surface area (Å²) in [4.78, 5) is 16.3. The summed E-state index contributed by atoms with van der Waals surface area (Å²) in [5.41, 5.74) is -0.204. The molecule has 0 aromatic rings. The molecule has 1 rings (SSSR count). The van der Waals surface area contributed by atoms with Crippen LogP contribution in [0.2, 0.25) is 0 Å². The average molecular weight is 313 g/mol. The first kappa shape index (κ1) is 19.2. The van der Waals surface area contributed by atoms with Crippen molar-refractivity contribution >= 4 is 6.09 Å². The predicted molar refractivity (Wildman–Crippen MR) is 91.2 cm³/mol. The van der Waals surface area contributed by atoms with E-state index < -0.39 is 5.60 Å². The topological polar surface area (TPSA) is 44.8 Å². The van der Waals surface area contributed by atoms with Crippen molar-refractivity contribution in [2.75, 3.05) is 40.3 Å². The summed E-state index contributed by atoms with van der Waals surface area (Å²) in [5.74, 6) is 0. The third-order valence-electron chi connectivity index (χ3n) is 3.73. The van der Waals surface area contributed by atoms with Crippen LogP contribution in [0.15, 0.2) is 0 Å². The first-order valence-corrected chi connectivity index (χ1v) is 8.35. The second-order valence-corrected chi connectivity index (χ2v) is 8.50. The maximum Gasteiger partial charge on any atom is 0.410 e. The molecule has 5 nitrogen and oxygen atoms in total. The van der Waals surface area contributed by atoms with Crippen LogP contribution in [0.4, 0.5) is 4.79 Å². The fourth-order valence-electron chi connectivity index (χ4n) is 3.10. The molecule has 1 heterocycles. The molecular weight excluding hydrogens is 278 g/mol. The van der Waals surface area contributed by atoms with Crippen molar-refractivity contribution in [1.29, 1.82) is 0 Å². The average Bonchev–Trinajstić information content (AvgIpc) is 2.72. The molecule has 1 unspecified atom stereocenters. The van der Waals surface area contributed by atoms with Crippen LogP contribution in [0.25, 0.3) is 0 Å². The molecule has 0 aromatic carbocycles. The van der Waals surface area contributed by atoms with Crippen molar-refractivity contribution in [1.82, 2.24) is 15.1 Å². The number of carbonyl (C=O) groups is 1. The monoisotopic (exact) mass is 313 g/mol. The number of nitrogens with zero attached hydrogens (tertiary/aromatic N) is 2. The van der Waals surface area contributed by atoms with Crippen molar-refractivity contribution in [3.05, 3.63) is 0 Å². The molecular formula is C17H35N3O2. The molecule has 0 aliphatic carbocycles. The van der Waals surface area contributed by atoms with E-state index in [9.17, 15) is 4.79 Å². The van der Waals surface area contributed by atoms with E-state index in [0.29, 0.717) is 0 Å². The molecule has 0 saturated carbocycles. The summed E-state index contributed by atoms with van der Waals surface area (Å²) < 4.78 is 5.50. The van der Waals surface area contributed by atoms with E-state index in [0.717, 1.165) is 39.0 Å². The van der Waals surface area contributed by atoms with Gasteiger partial charge in [0.05, 0.1) is 0 Å². The molecule has 0 aromatic heterocycles. The van der Waals surface area contributed by atoms with Crippen LogP contribution in [-0.4, -0.2) is 67.8 Å². The fourth-order valence-corrected chi connectivity index (χ4v) is 3.10. The van der Waals surface area contributed by atoms with Gasteiger partial charge in [0.25, 0.3) is 0 Å². The largest absolute Gasteiger partial charge is 0.444 e. The Balaban J connectivity index is 2.43. The standard InChI is InChI=1S/C17H35N3O2/c1-16(2,3)22-15(21)20-10-8-9-14(20)11-18-12-17(4,5)13-19(6)7/h14,18H,8-13H2,1-7H3. The molecule has 1 saturated heterocycles. The number of amides is 1. The van der Waals surface area contributed by atoms with Gasteiger partial charge in [-0.2, -0.15) is 0 Å². The lowest BCUT2D eigenvalue weighted by Crippen LogP contribution is -2.46. The van der Waals surface area contributed by atoms with Crippen LogP contribution >= 0.6 is 0 Å². The Labute approximate surface area is 136 Å². The van der Waals surface area contributed by atoms with E-state index in [1.54, 1.807) is 0 Å². The summed E-state index contributed by atoms with van der Waals surface area (Å²) >= 11 is 0. The molecule has 1 amide bonds. The Morgan fingerprint density at radius 1 is 1.27 bits per heavy atom. The first-order chi connectivity index (χ1) is 10.0. The second-order valence-electron chi connectivity index (χ2n) is 8.50. The zero-order chi connectivity index (χ0) is 17.0.